The van der Waals surface area contributed by atoms with E-state index in [0.29, 0.717) is 0 Å². The van der Waals surface area contributed by atoms with Crippen LogP contribution < -0.4 is 10.2 Å². The zero-order valence-corrected chi connectivity index (χ0v) is 29.2. The molecule has 0 aliphatic heterocycles. The average molecular weight is 647 g/mol. The fourth-order valence-corrected chi connectivity index (χ4v) is 7.84. The van der Waals surface area contributed by atoms with E-state index in [9.17, 15) is 0 Å². The van der Waals surface area contributed by atoms with Gasteiger partial charge >= 0.3 is 0 Å². The Bertz CT molecular complexity index is 2230. The van der Waals surface area contributed by atoms with Crippen LogP contribution in [-0.2, 0) is 10.8 Å². The van der Waals surface area contributed by atoms with Gasteiger partial charge in [0, 0.05) is 39.8 Å². The molecule has 50 heavy (non-hydrogen) atoms. The molecule has 2 heteroatoms. The summed E-state index contributed by atoms with van der Waals surface area (Å²) < 4.78 is 0. The largest absolute Gasteiger partial charge is 0.362 e. The lowest BCUT2D eigenvalue weighted by atomic mass is 9.79. The number of allylic oxidation sites excluding steroid dienone is 4. The molecular weight excluding hydrogens is 605 g/mol. The van der Waals surface area contributed by atoms with Gasteiger partial charge in [0.05, 0.1) is 0 Å². The van der Waals surface area contributed by atoms with Gasteiger partial charge in [-0.1, -0.05) is 131 Å². The highest BCUT2D eigenvalue weighted by atomic mass is 15.1. The molecule has 2 nitrogen and oxygen atoms in total. The molecule has 0 unspecified atom stereocenters. The summed E-state index contributed by atoms with van der Waals surface area (Å²) in [6.45, 7) is 9.51. The van der Waals surface area contributed by atoms with Crippen molar-refractivity contribution in [2.24, 2.45) is 0 Å². The Hall–Kier alpha value is -5.86. The number of hydrogen-bond donors (Lipinski definition) is 1. The molecule has 244 valence electrons. The van der Waals surface area contributed by atoms with Crippen molar-refractivity contribution in [1.82, 2.24) is 0 Å². The van der Waals surface area contributed by atoms with Gasteiger partial charge in [-0.2, -0.15) is 0 Å². The summed E-state index contributed by atoms with van der Waals surface area (Å²) in [6, 6.07) is 50.6. The predicted molar refractivity (Wildman–Crippen MR) is 214 cm³/mol. The van der Waals surface area contributed by atoms with Crippen LogP contribution in [0.15, 0.2) is 170 Å². The quantitative estimate of drug-likeness (QED) is 0.166. The number of nitrogens with one attached hydrogen (secondary N) is 1. The van der Waals surface area contributed by atoms with Gasteiger partial charge in [0.2, 0.25) is 0 Å². The summed E-state index contributed by atoms with van der Waals surface area (Å²) in [5.74, 6) is 0. The number of anilines is 4. The van der Waals surface area contributed by atoms with Crippen molar-refractivity contribution >= 4 is 28.8 Å². The molecule has 6 aromatic carbocycles. The van der Waals surface area contributed by atoms with E-state index in [4.69, 9.17) is 0 Å². The van der Waals surface area contributed by atoms with Crippen molar-refractivity contribution in [1.29, 1.82) is 0 Å². The lowest BCUT2D eigenvalue weighted by Crippen LogP contribution is -2.17. The topological polar surface area (TPSA) is 15.3 Å². The molecule has 0 atom stereocenters. The molecule has 0 saturated carbocycles. The van der Waals surface area contributed by atoms with Crippen LogP contribution in [0.1, 0.15) is 55.5 Å². The second-order valence-corrected chi connectivity index (χ2v) is 14.3. The van der Waals surface area contributed by atoms with E-state index in [-0.39, 0.29) is 10.8 Å². The van der Waals surface area contributed by atoms with Crippen LogP contribution in [0.4, 0.5) is 22.7 Å². The molecule has 8 rings (SSSR count). The zero-order chi connectivity index (χ0) is 34.3. The van der Waals surface area contributed by atoms with Crippen molar-refractivity contribution in [3.05, 3.63) is 198 Å². The highest BCUT2D eigenvalue weighted by Crippen LogP contribution is 2.57. The number of rotatable bonds is 8. The van der Waals surface area contributed by atoms with Gasteiger partial charge in [-0.15, -0.1) is 0 Å². The van der Waals surface area contributed by atoms with Crippen LogP contribution >= 0.6 is 0 Å². The lowest BCUT2D eigenvalue weighted by molar-refractivity contribution is 0.652. The van der Waals surface area contributed by atoms with Crippen LogP contribution in [0.3, 0.4) is 0 Å². The average Bonchev–Trinajstić information content (AvgIpc) is 3.50. The van der Waals surface area contributed by atoms with Gasteiger partial charge in [-0.25, -0.2) is 0 Å². The molecule has 0 aromatic heterocycles. The van der Waals surface area contributed by atoms with Crippen molar-refractivity contribution in [3.8, 4) is 22.3 Å². The lowest BCUT2D eigenvalue weighted by Gasteiger charge is -2.28. The molecule has 0 spiro atoms. The standard InChI is InChI=1S/C48H42N2/c1-47(2)43-30-35(49-29-17-6-5-10-18-34-19-11-7-12-20-34)25-27-39(43)41-32-46-42(33-45(41)47)40-28-26-38(31-44(40)48(46,3)4)50(36-21-13-8-14-22-36)37-23-15-9-16-24-37/h5-33,49H,1-4H3/b6-5-,18-10-,29-17+. The first-order valence-electron chi connectivity index (χ1n) is 17.5. The summed E-state index contributed by atoms with van der Waals surface area (Å²) in [5, 5.41) is 3.50. The van der Waals surface area contributed by atoms with Gasteiger partial charge < -0.3 is 10.2 Å². The van der Waals surface area contributed by atoms with Crippen molar-refractivity contribution in [2.45, 2.75) is 38.5 Å². The molecule has 0 heterocycles. The Labute approximate surface area is 296 Å². The Balaban J connectivity index is 1.08. The fraction of sp³-hybridized carbons (Fsp3) is 0.125. The summed E-state index contributed by atoms with van der Waals surface area (Å²) in [5.41, 5.74) is 16.4. The molecule has 0 radical (unpaired) electrons. The van der Waals surface area contributed by atoms with Gasteiger partial charge in [0.15, 0.2) is 0 Å². The minimum absolute atomic E-state index is 0.118. The van der Waals surface area contributed by atoms with Gasteiger partial charge in [0.25, 0.3) is 0 Å². The summed E-state index contributed by atoms with van der Waals surface area (Å²) in [7, 11) is 0. The minimum atomic E-state index is -0.141. The third-order valence-corrected chi connectivity index (χ3v) is 10.5. The summed E-state index contributed by atoms with van der Waals surface area (Å²) in [6.07, 6.45) is 12.3. The molecule has 0 amide bonds. The van der Waals surface area contributed by atoms with Crippen LogP contribution in [0.25, 0.3) is 28.3 Å². The highest BCUT2D eigenvalue weighted by molar-refractivity contribution is 5.91. The summed E-state index contributed by atoms with van der Waals surface area (Å²) in [4.78, 5) is 2.36. The first-order valence-corrected chi connectivity index (χ1v) is 17.5. The number of hydrogen-bond acceptors (Lipinski definition) is 2. The molecule has 6 aromatic rings. The molecule has 0 bridgehead atoms. The van der Waals surface area contributed by atoms with Crippen molar-refractivity contribution in [3.63, 3.8) is 0 Å². The second-order valence-electron chi connectivity index (χ2n) is 14.3. The maximum atomic E-state index is 3.50. The predicted octanol–water partition coefficient (Wildman–Crippen LogP) is 13.0. The molecule has 2 aliphatic rings. The smallest absolute Gasteiger partial charge is 0.0465 e. The van der Waals surface area contributed by atoms with E-state index in [1.165, 1.54) is 55.8 Å². The number of nitrogens with zero attached hydrogens (tertiary/aromatic N) is 1. The monoisotopic (exact) mass is 646 g/mol. The maximum Gasteiger partial charge on any atom is 0.0465 e. The van der Waals surface area contributed by atoms with E-state index < -0.39 is 0 Å². The van der Waals surface area contributed by atoms with Crippen LogP contribution in [0.2, 0.25) is 0 Å². The molecule has 2 aliphatic carbocycles. The summed E-state index contributed by atoms with van der Waals surface area (Å²) >= 11 is 0. The van der Waals surface area contributed by atoms with Crippen LogP contribution in [0, 0.1) is 0 Å². The van der Waals surface area contributed by atoms with Crippen LogP contribution in [-0.4, -0.2) is 0 Å². The van der Waals surface area contributed by atoms with E-state index in [1.807, 2.05) is 24.4 Å². The van der Waals surface area contributed by atoms with Gasteiger partial charge in [-0.3, -0.25) is 0 Å². The van der Waals surface area contributed by atoms with Crippen molar-refractivity contribution < 1.29 is 0 Å². The Morgan fingerprint density at radius 3 is 1.54 bits per heavy atom. The Morgan fingerprint density at radius 2 is 0.940 bits per heavy atom. The number of fused-ring (bicyclic) bond motifs is 6. The van der Waals surface area contributed by atoms with E-state index >= 15 is 0 Å². The number of benzene rings is 6. The van der Waals surface area contributed by atoms with E-state index in [2.05, 4.69) is 190 Å². The third kappa shape index (κ3) is 5.47. The first-order chi connectivity index (χ1) is 24.3. The van der Waals surface area contributed by atoms with E-state index in [1.54, 1.807) is 0 Å². The minimum Gasteiger partial charge on any atom is -0.362 e. The highest BCUT2D eigenvalue weighted by Gasteiger charge is 2.42. The molecule has 0 fully saturated rings. The maximum absolute atomic E-state index is 3.50. The third-order valence-electron chi connectivity index (χ3n) is 10.5. The Kier molecular flexibility index (Phi) is 7.88. The molecule has 1 N–H and O–H groups in total. The first kappa shape index (κ1) is 31.4. The van der Waals surface area contributed by atoms with Gasteiger partial charge in [-0.05, 0) is 117 Å². The van der Waals surface area contributed by atoms with Crippen molar-refractivity contribution in [2.75, 3.05) is 10.2 Å². The number of para-hydroxylation sites is 2. The SMILES string of the molecule is CC1(C)c2cc(N/C=C/C=C\C=C/c3ccccc3)ccc2-c2cc3c(cc21)-c1ccc(N(c2ccccc2)c2ccccc2)cc1C3(C)C. The normalized spacial score (nSPS) is 14.9. The second kappa shape index (κ2) is 12.5. The molecular formula is C48H42N2. The fourth-order valence-electron chi connectivity index (χ4n) is 7.84. The zero-order valence-electron chi connectivity index (χ0n) is 29.2. The van der Waals surface area contributed by atoms with E-state index in [0.717, 1.165) is 17.1 Å². The molecule has 0 saturated heterocycles. The van der Waals surface area contributed by atoms with Crippen LogP contribution in [0.5, 0.6) is 0 Å². The van der Waals surface area contributed by atoms with Gasteiger partial charge in [0.1, 0.15) is 0 Å². The Morgan fingerprint density at radius 1 is 0.440 bits per heavy atom.